The second-order valence-electron chi connectivity index (χ2n) is 4.32. The van der Waals surface area contributed by atoms with Gasteiger partial charge in [0.05, 0.1) is 22.8 Å². The maximum Gasteiger partial charge on any atom is 0.417 e. The number of alkyl halides is 3. The topological polar surface area (TPSA) is 66.5 Å². The third-order valence-corrected chi connectivity index (χ3v) is 3.02. The van der Waals surface area contributed by atoms with Crippen LogP contribution in [0.1, 0.15) is 5.56 Å². The lowest BCUT2D eigenvalue weighted by atomic mass is 10.0. The summed E-state index contributed by atoms with van der Waals surface area (Å²) in [4.78, 5) is 8.26. The monoisotopic (exact) mass is 293 g/mol. The summed E-state index contributed by atoms with van der Waals surface area (Å²) in [5, 5.41) is 9.62. The molecule has 0 atom stereocenters. The summed E-state index contributed by atoms with van der Waals surface area (Å²) >= 11 is 0. The fraction of sp³-hybridized carbons (Fsp3) is 0.154. The van der Waals surface area contributed by atoms with Gasteiger partial charge in [-0.2, -0.15) is 23.3 Å². The van der Waals surface area contributed by atoms with Crippen LogP contribution in [-0.2, 0) is 6.18 Å². The second kappa shape index (κ2) is 4.72. The molecule has 3 aromatic rings. The minimum atomic E-state index is -4.46. The lowest BCUT2D eigenvalue weighted by molar-refractivity contribution is -0.137. The summed E-state index contributed by atoms with van der Waals surface area (Å²) in [5.74, 6) is 0.221. The third kappa shape index (κ3) is 2.28. The number of rotatable bonds is 2. The number of nitrogens with zero attached hydrogens (tertiary/aromatic N) is 3. The Labute approximate surface area is 117 Å². The van der Waals surface area contributed by atoms with Gasteiger partial charge in [0.2, 0.25) is 5.95 Å². The molecule has 2 aromatic heterocycles. The Hall–Kier alpha value is -2.64. The van der Waals surface area contributed by atoms with Gasteiger partial charge in [0.25, 0.3) is 0 Å². The molecule has 0 aliphatic rings. The van der Waals surface area contributed by atoms with Crippen LogP contribution in [0, 0.1) is 0 Å². The van der Waals surface area contributed by atoms with Crippen molar-refractivity contribution < 1.29 is 13.2 Å². The Morgan fingerprint density at radius 1 is 1.14 bits per heavy atom. The van der Waals surface area contributed by atoms with E-state index in [1.807, 2.05) is 0 Å². The van der Waals surface area contributed by atoms with Crippen LogP contribution in [0.15, 0.2) is 30.5 Å². The molecular formula is C13H10F3N5. The van der Waals surface area contributed by atoms with E-state index < -0.39 is 11.7 Å². The van der Waals surface area contributed by atoms with Crippen LogP contribution in [0.4, 0.5) is 19.1 Å². The molecule has 5 nitrogen and oxygen atoms in total. The SMILES string of the molecule is CNc1nc(-c2ccccc2C(F)(F)F)c2cn[nH]c2n1. The van der Waals surface area contributed by atoms with Crippen LogP contribution in [-0.4, -0.2) is 27.2 Å². The van der Waals surface area contributed by atoms with Crippen molar-refractivity contribution in [1.82, 2.24) is 20.2 Å². The van der Waals surface area contributed by atoms with Crippen LogP contribution in [0.2, 0.25) is 0 Å². The average Bonchev–Trinajstić information content (AvgIpc) is 2.93. The van der Waals surface area contributed by atoms with Gasteiger partial charge in [-0.15, -0.1) is 0 Å². The van der Waals surface area contributed by atoms with Crippen molar-refractivity contribution in [3.63, 3.8) is 0 Å². The predicted octanol–water partition coefficient (Wildman–Crippen LogP) is 3.08. The predicted molar refractivity (Wildman–Crippen MR) is 71.7 cm³/mol. The molecular weight excluding hydrogens is 283 g/mol. The molecule has 0 aliphatic heterocycles. The molecule has 1 aromatic carbocycles. The fourth-order valence-electron chi connectivity index (χ4n) is 2.09. The molecule has 2 N–H and O–H groups in total. The highest BCUT2D eigenvalue weighted by molar-refractivity contribution is 5.91. The van der Waals surface area contributed by atoms with Gasteiger partial charge in [-0.25, -0.2) is 4.98 Å². The summed E-state index contributed by atoms with van der Waals surface area (Å²) in [6.07, 6.45) is -3.05. The van der Waals surface area contributed by atoms with E-state index in [1.165, 1.54) is 24.4 Å². The molecule has 0 radical (unpaired) electrons. The van der Waals surface area contributed by atoms with Gasteiger partial charge in [0, 0.05) is 12.6 Å². The summed E-state index contributed by atoms with van der Waals surface area (Å²) in [6, 6.07) is 5.30. The van der Waals surface area contributed by atoms with Crippen molar-refractivity contribution >= 4 is 17.0 Å². The summed E-state index contributed by atoms with van der Waals surface area (Å²) in [6.45, 7) is 0. The van der Waals surface area contributed by atoms with Crippen molar-refractivity contribution in [2.45, 2.75) is 6.18 Å². The molecule has 0 fully saturated rings. The Balaban J connectivity index is 2.33. The highest BCUT2D eigenvalue weighted by atomic mass is 19.4. The van der Waals surface area contributed by atoms with Crippen LogP contribution >= 0.6 is 0 Å². The first kappa shape index (κ1) is 13.3. The van der Waals surface area contributed by atoms with Gasteiger partial charge in [-0.05, 0) is 6.07 Å². The number of aromatic amines is 1. The highest BCUT2D eigenvalue weighted by Crippen LogP contribution is 2.38. The molecule has 2 heterocycles. The molecule has 21 heavy (non-hydrogen) atoms. The van der Waals surface area contributed by atoms with E-state index in [0.717, 1.165) is 6.07 Å². The zero-order valence-electron chi connectivity index (χ0n) is 10.9. The van der Waals surface area contributed by atoms with Crippen LogP contribution in [0.25, 0.3) is 22.3 Å². The van der Waals surface area contributed by atoms with Crippen molar-refractivity contribution in [2.75, 3.05) is 12.4 Å². The molecule has 0 aliphatic carbocycles. The number of benzene rings is 1. The van der Waals surface area contributed by atoms with Crippen LogP contribution in [0.3, 0.4) is 0 Å². The molecule has 0 bridgehead atoms. The Bertz CT molecular complexity index is 794. The van der Waals surface area contributed by atoms with Gasteiger partial charge >= 0.3 is 6.18 Å². The van der Waals surface area contributed by atoms with Crippen molar-refractivity contribution in [3.8, 4) is 11.3 Å². The Morgan fingerprint density at radius 2 is 1.90 bits per heavy atom. The number of anilines is 1. The van der Waals surface area contributed by atoms with E-state index in [9.17, 15) is 13.2 Å². The molecule has 108 valence electrons. The molecule has 0 saturated heterocycles. The first-order valence-electron chi connectivity index (χ1n) is 6.06. The van der Waals surface area contributed by atoms with Gasteiger partial charge in [0.15, 0.2) is 5.65 Å². The fourth-order valence-corrected chi connectivity index (χ4v) is 2.09. The van der Waals surface area contributed by atoms with Gasteiger partial charge < -0.3 is 5.32 Å². The normalized spacial score (nSPS) is 11.8. The van der Waals surface area contributed by atoms with Crippen molar-refractivity contribution in [3.05, 3.63) is 36.0 Å². The standard InChI is InChI=1S/C13H10F3N5/c1-17-12-19-10(8-6-18-21-11(8)20-12)7-4-2-3-5-9(7)13(14,15)16/h2-6H,1H3,(H2,17,18,19,20,21). The molecule has 3 rings (SSSR count). The van der Waals surface area contributed by atoms with E-state index in [-0.39, 0.29) is 17.2 Å². The van der Waals surface area contributed by atoms with Crippen LogP contribution < -0.4 is 5.32 Å². The number of hydrogen-bond donors (Lipinski definition) is 2. The zero-order valence-corrected chi connectivity index (χ0v) is 10.9. The number of hydrogen-bond acceptors (Lipinski definition) is 4. The molecule has 0 amide bonds. The molecule has 8 heteroatoms. The van der Waals surface area contributed by atoms with E-state index in [0.29, 0.717) is 11.0 Å². The van der Waals surface area contributed by atoms with Gasteiger partial charge in [0.1, 0.15) is 0 Å². The third-order valence-electron chi connectivity index (χ3n) is 3.02. The minimum Gasteiger partial charge on any atom is -0.357 e. The number of aromatic nitrogens is 4. The zero-order chi connectivity index (χ0) is 15.0. The lowest BCUT2D eigenvalue weighted by Gasteiger charge is -2.13. The van der Waals surface area contributed by atoms with E-state index in [1.54, 1.807) is 7.05 Å². The lowest BCUT2D eigenvalue weighted by Crippen LogP contribution is -2.08. The number of fused-ring (bicyclic) bond motifs is 1. The van der Waals surface area contributed by atoms with Crippen molar-refractivity contribution in [2.24, 2.45) is 0 Å². The molecule has 0 saturated carbocycles. The quantitative estimate of drug-likeness (QED) is 0.762. The number of nitrogens with one attached hydrogen (secondary N) is 2. The number of H-pyrrole nitrogens is 1. The highest BCUT2D eigenvalue weighted by Gasteiger charge is 2.34. The minimum absolute atomic E-state index is 0.00435. The number of halogens is 3. The van der Waals surface area contributed by atoms with E-state index in [2.05, 4.69) is 25.5 Å². The average molecular weight is 293 g/mol. The van der Waals surface area contributed by atoms with Crippen molar-refractivity contribution in [1.29, 1.82) is 0 Å². The van der Waals surface area contributed by atoms with Crippen LogP contribution in [0.5, 0.6) is 0 Å². The summed E-state index contributed by atoms with van der Waals surface area (Å²) in [5.41, 5.74) is -0.184. The maximum atomic E-state index is 13.2. The summed E-state index contributed by atoms with van der Waals surface area (Å²) in [7, 11) is 1.59. The first-order valence-corrected chi connectivity index (χ1v) is 6.06. The Kier molecular flexibility index (Phi) is 3.00. The maximum absolute atomic E-state index is 13.2. The molecule has 0 spiro atoms. The Morgan fingerprint density at radius 3 is 2.62 bits per heavy atom. The van der Waals surface area contributed by atoms with E-state index >= 15 is 0 Å². The van der Waals surface area contributed by atoms with E-state index in [4.69, 9.17) is 0 Å². The second-order valence-corrected chi connectivity index (χ2v) is 4.32. The molecule has 0 unspecified atom stereocenters. The first-order chi connectivity index (χ1) is 10.0. The largest absolute Gasteiger partial charge is 0.417 e. The van der Waals surface area contributed by atoms with Gasteiger partial charge in [-0.3, -0.25) is 5.10 Å². The van der Waals surface area contributed by atoms with Gasteiger partial charge in [-0.1, -0.05) is 18.2 Å². The summed E-state index contributed by atoms with van der Waals surface area (Å²) < 4.78 is 39.5. The smallest absolute Gasteiger partial charge is 0.357 e.